The van der Waals surface area contributed by atoms with Gasteiger partial charge in [0, 0.05) is 4.47 Å². The largest absolute Gasteiger partial charge is 0.442 e. The summed E-state index contributed by atoms with van der Waals surface area (Å²) in [6, 6.07) is 15.3. The van der Waals surface area contributed by atoms with Gasteiger partial charge in [0.2, 0.25) is 5.43 Å². The van der Waals surface area contributed by atoms with Crippen molar-refractivity contribution in [2.75, 3.05) is 23.3 Å². The van der Waals surface area contributed by atoms with Crippen molar-refractivity contribution in [1.29, 1.82) is 0 Å². The van der Waals surface area contributed by atoms with E-state index in [1.54, 1.807) is 12.1 Å². The second-order valence-corrected chi connectivity index (χ2v) is 10.6. The van der Waals surface area contributed by atoms with E-state index in [1.807, 2.05) is 31.2 Å². The fourth-order valence-electron chi connectivity index (χ4n) is 3.75. The lowest BCUT2D eigenvalue weighted by Crippen LogP contribution is -2.36. The van der Waals surface area contributed by atoms with E-state index < -0.39 is 29.4 Å². The fourth-order valence-corrected chi connectivity index (χ4v) is 4.80. The van der Waals surface area contributed by atoms with Gasteiger partial charge in [0.15, 0.2) is 0 Å². The average molecular weight is 671 g/mol. The molecule has 1 aliphatic heterocycles. The lowest BCUT2D eigenvalue weighted by molar-refractivity contribution is 0.142. The number of nitrogens with zero attached hydrogens (tertiary/aromatic N) is 1. The van der Waals surface area contributed by atoms with Crippen LogP contribution in [0.1, 0.15) is 5.56 Å². The molecule has 2 N–H and O–H groups in total. The van der Waals surface area contributed by atoms with Crippen molar-refractivity contribution < 1.29 is 22.7 Å². The summed E-state index contributed by atoms with van der Waals surface area (Å²) in [5.41, 5.74) is 2.71. The first-order chi connectivity index (χ1) is 18.0. The van der Waals surface area contributed by atoms with Gasteiger partial charge >= 0.3 is 6.09 Å². The molecule has 6 nitrogen and oxygen atoms in total. The average Bonchev–Trinajstić information content (AvgIpc) is 3.21. The molecule has 0 unspecified atom stereocenters. The molecule has 198 valence electrons. The first kappa shape index (κ1) is 28.1. The van der Waals surface area contributed by atoms with Crippen molar-refractivity contribution in [3.8, 4) is 11.1 Å². The Balaban J connectivity index is 1.55. The zero-order chi connectivity index (χ0) is 27.6. The van der Waals surface area contributed by atoms with E-state index in [1.165, 1.54) is 17.0 Å². The second kappa shape index (κ2) is 11.8. The van der Waals surface area contributed by atoms with Gasteiger partial charge in [-0.2, -0.15) is 0 Å². The Bertz CT molecular complexity index is 1460. The Labute approximate surface area is 238 Å². The van der Waals surface area contributed by atoms with Crippen molar-refractivity contribution in [3.05, 3.63) is 85.1 Å². The molecule has 0 saturated carbocycles. The van der Waals surface area contributed by atoms with Crippen molar-refractivity contribution >= 4 is 72.2 Å². The molecule has 1 heterocycles. The predicted molar refractivity (Wildman–Crippen MR) is 152 cm³/mol. The minimum atomic E-state index is -2.82. The molecule has 0 bridgehead atoms. The van der Waals surface area contributed by atoms with Crippen LogP contribution in [0.25, 0.3) is 11.1 Å². The first-order valence-electron chi connectivity index (χ1n) is 11.2. The maximum atomic E-state index is 15.1. The van der Waals surface area contributed by atoms with Crippen LogP contribution in [0.15, 0.2) is 68.3 Å². The highest BCUT2D eigenvalue weighted by Gasteiger charge is 2.33. The van der Waals surface area contributed by atoms with Crippen LogP contribution in [0.4, 0.5) is 35.0 Å². The number of hydrogen-bond donors (Lipinski definition) is 2. The summed E-state index contributed by atoms with van der Waals surface area (Å²) >= 11 is 11.3. The summed E-state index contributed by atoms with van der Waals surface area (Å²) in [5, 5.41) is 5.20. The molecule has 12 heteroatoms. The minimum Gasteiger partial charge on any atom is -0.442 e. The number of amides is 1. The molecule has 1 saturated heterocycles. The number of thiocarbonyl (C=S) groups is 1. The molecule has 1 atom stereocenters. The van der Waals surface area contributed by atoms with E-state index in [4.69, 9.17) is 4.74 Å². The van der Waals surface area contributed by atoms with Crippen LogP contribution < -0.4 is 21.0 Å². The summed E-state index contributed by atoms with van der Waals surface area (Å²) in [7, 11) is 0. The first-order valence-corrected chi connectivity index (χ1v) is 13.2. The van der Waals surface area contributed by atoms with Gasteiger partial charge in [0.05, 0.1) is 28.9 Å². The number of alkyl halides is 2. The third-order valence-corrected chi connectivity index (χ3v) is 7.27. The number of carbonyl (C=O) groups is 1. The van der Waals surface area contributed by atoms with E-state index in [0.29, 0.717) is 4.47 Å². The van der Waals surface area contributed by atoms with E-state index in [0.717, 1.165) is 22.8 Å². The lowest BCUT2D eigenvalue weighted by Gasteiger charge is -2.15. The maximum Gasteiger partial charge on any atom is 0.414 e. The van der Waals surface area contributed by atoms with Gasteiger partial charge in [-0.15, -0.1) is 0 Å². The van der Waals surface area contributed by atoms with Crippen molar-refractivity contribution in [2.24, 2.45) is 0 Å². The summed E-state index contributed by atoms with van der Waals surface area (Å²) < 4.78 is 46.1. The molecule has 0 aliphatic carbocycles. The molecular formula is C26H20Br2F3N3O3S. The standard InChI is InChI=1S/C26H20Br2F3N3O3S/c1-13-2-4-14(5-3-13)15-8-18(27)22(23(35)19(28)9-15)33-21-7-6-16(10-20(21)29)34-12-17(37-26(34)36)11-32-25(38)24(30)31/h2-10,17,24H,11-12H2,1H3,(H,32,38)(H,33,35)/t17-/m0/s1. The van der Waals surface area contributed by atoms with Crippen LogP contribution in [0, 0.1) is 12.7 Å². The molecule has 4 rings (SSSR count). The maximum absolute atomic E-state index is 15.1. The van der Waals surface area contributed by atoms with Gasteiger partial charge in [-0.1, -0.05) is 42.0 Å². The third-order valence-electron chi connectivity index (χ3n) is 5.73. The van der Waals surface area contributed by atoms with Crippen LogP contribution in [0.2, 0.25) is 0 Å². The Morgan fingerprint density at radius 3 is 2.42 bits per heavy atom. The summed E-state index contributed by atoms with van der Waals surface area (Å²) in [6.45, 7) is 1.90. The predicted octanol–water partition coefficient (Wildman–Crippen LogP) is 6.94. The van der Waals surface area contributed by atoms with Crippen LogP contribution in [-0.2, 0) is 4.74 Å². The number of anilines is 3. The van der Waals surface area contributed by atoms with Crippen molar-refractivity contribution in [2.45, 2.75) is 19.5 Å². The normalized spacial score (nSPS) is 15.0. The van der Waals surface area contributed by atoms with Gasteiger partial charge in [0.25, 0.3) is 6.43 Å². The number of carbonyl (C=O) groups excluding carboxylic acids is 1. The van der Waals surface area contributed by atoms with Gasteiger partial charge < -0.3 is 15.4 Å². The highest BCUT2D eigenvalue weighted by Crippen LogP contribution is 2.32. The SMILES string of the molecule is Cc1ccc(-c2cc(Br)c(Nc3ccc(N4C[C@H](CNC(=S)C(F)F)OC4=O)cc3F)c(=O)c(Br)c2)cc1. The minimum absolute atomic E-state index is 0.00889. The van der Waals surface area contributed by atoms with Gasteiger partial charge in [0.1, 0.15) is 22.6 Å². The Morgan fingerprint density at radius 2 is 1.76 bits per heavy atom. The zero-order valence-electron chi connectivity index (χ0n) is 19.7. The molecular weight excluding hydrogens is 651 g/mol. The number of benzene rings is 2. The smallest absolute Gasteiger partial charge is 0.414 e. The molecule has 38 heavy (non-hydrogen) atoms. The molecule has 1 aliphatic rings. The molecule has 1 fully saturated rings. The molecule has 0 aromatic heterocycles. The second-order valence-electron chi connectivity index (χ2n) is 8.46. The van der Waals surface area contributed by atoms with E-state index in [-0.39, 0.29) is 40.1 Å². The number of halogens is 5. The van der Waals surface area contributed by atoms with Crippen LogP contribution in [0.3, 0.4) is 0 Å². The van der Waals surface area contributed by atoms with Gasteiger partial charge in [-0.05, 0) is 80.2 Å². The highest BCUT2D eigenvalue weighted by molar-refractivity contribution is 9.11. The van der Waals surface area contributed by atoms with E-state index in [2.05, 4.69) is 54.7 Å². The molecule has 0 radical (unpaired) electrons. The highest BCUT2D eigenvalue weighted by atomic mass is 79.9. The third kappa shape index (κ3) is 6.36. The Hall–Kier alpha value is -2.96. The van der Waals surface area contributed by atoms with E-state index in [9.17, 15) is 18.4 Å². The topological polar surface area (TPSA) is 70.7 Å². The number of aryl methyl sites for hydroxylation is 1. The van der Waals surface area contributed by atoms with Crippen LogP contribution in [0.5, 0.6) is 0 Å². The molecule has 1 amide bonds. The van der Waals surface area contributed by atoms with Crippen molar-refractivity contribution in [3.63, 3.8) is 0 Å². The Morgan fingerprint density at radius 1 is 1.08 bits per heavy atom. The Kier molecular flexibility index (Phi) is 8.74. The fraction of sp³-hybridized carbons (Fsp3) is 0.192. The zero-order valence-corrected chi connectivity index (χ0v) is 23.7. The molecule has 3 aromatic carbocycles. The van der Waals surface area contributed by atoms with Crippen LogP contribution >= 0.6 is 44.1 Å². The number of nitrogens with one attached hydrogen (secondary N) is 2. The number of hydrogen-bond acceptors (Lipinski definition) is 5. The summed E-state index contributed by atoms with van der Waals surface area (Å²) in [4.78, 5) is 25.9. The number of ether oxygens (including phenoxy) is 1. The number of rotatable bonds is 7. The summed E-state index contributed by atoms with van der Waals surface area (Å²) in [5.74, 6) is -0.719. The summed E-state index contributed by atoms with van der Waals surface area (Å²) in [6.07, 6.45) is -4.31. The number of cyclic esters (lactones) is 1. The van der Waals surface area contributed by atoms with Gasteiger partial charge in [-0.25, -0.2) is 18.0 Å². The molecule has 3 aromatic rings. The van der Waals surface area contributed by atoms with Crippen molar-refractivity contribution in [1.82, 2.24) is 5.32 Å². The van der Waals surface area contributed by atoms with E-state index >= 15 is 4.39 Å². The van der Waals surface area contributed by atoms with Gasteiger partial charge in [-0.3, -0.25) is 9.69 Å². The monoisotopic (exact) mass is 669 g/mol. The van der Waals surface area contributed by atoms with Crippen LogP contribution in [-0.4, -0.2) is 36.7 Å². The lowest BCUT2D eigenvalue weighted by atomic mass is 10.1. The molecule has 0 spiro atoms. The quantitative estimate of drug-likeness (QED) is 0.266.